The number of rotatable bonds is 7. The van der Waals surface area contributed by atoms with Gasteiger partial charge in [-0.2, -0.15) is 0 Å². The van der Waals surface area contributed by atoms with Crippen LogP contribution in [-0.4, -0.2) is 12.0 Å². The van der Waals surface area contributed by atoms with E-state index in [9.17, 15) is 10.1 Å². The lowest BCUT2D eigenvalue weighted by Crippen LogP contribution is -2.12. The summed E-state index contributed by atoms with van der Waals surface area (Å²) in [4.78, 5) is 10.2. The maximum absolute atomic E-state index is 10.6. The summed E-state index contributed by atoms with van der Waals surface area (Å²) in [5.74, 6) is 0. The Balaban J connectivity index is 1.86. The van der Waals surface area contributed by atoms with Crippen LogP contribution >= 0.6 is 0 Å². The second kappa shape index (κ2) is 7.52. The highest BCUT2D eigenvalue weighted by Crippen LogP contribution is 2.12. The van der Waals surface area contributed by atoms with Crippen LogP contribution in [0.25, 0.3) is 0 Å². The average molecular weight is 286 g/mol. The van der Waals surface area contributed by atoms with Gasteiger partial charge in [-0.05, 0) is 16.7 Å². The van der Waals surface area contributed by atoms with Gasteiger partial charge in [0.25, 0.3) is 5.69 Å². The van der Waals surface area contributed by atoms with E-state index in [0.717, 1.165) is 17.7 Å². The molecule has 2 aromatic rings. The molecule has 0 fully saturated rings. The Morgan fingerprint density at radius 1 is 1.05 bits per heavy atom. The first-order chi connectivity index (χ1) is 10.2. The Kier molecular flexibility index (Phi) is 5.43. The number of nitro groups is 1. The lowest BCUT2D eigenvalue weighted by atomic mass is 10.1. The molecular formula is C16H18N2O3. The molecule has 5 heteroatoms. The molecule has 0 saturated carbocycles. The van der Waals surface area contributed by atoms with Crippen LogP contribution in [0.5, 0.6) is 0 Å². The van der Waals surface area contributed by atoms with Gasteiger partial charge in [-0.25, -0.2) is 0 Å². The number of ether oxygens (including phenoxy) is 1. The van der Waals surface area contributed by atoms with Gasteiger partial charge in [-0.15, -0.1) is 0 Å². The van der Waals surface area contributed by atoms with Gasteiger partial charge in [0.1, 0.15) is 0 Å². The van der Waals surface area contributed by atoms with Gasteiger partial charge in [0, 0.05) is 32.3 Å². The molecule has 0 atom stereocenters. The van der Waals surface area contributed by atoms with Crippen LogP contribution in [0.3, 0.4) is 0 Å². The Hall–Kier alpha value is -2.24. The molecule has 0 aliphatic rings. The molecule has 0 bridgehead atoms. The highest BCUT2D eigenvalue weighted by Gasteiger charge is 2.03. The largest absolute Gasteiger partial charge is 0.380 e. The zero-order chi connectivity index (χ0) is 15.1. The van der Waals surface area contributed by atoms with E-state index >= 15 is 0 Å². The van der Waals surface area contributed by atoms with E-state index in [-0.39, 0.29) is 5.69 Å². The molecule has 0 amide bonds. The van der Waals surface area contributed by atoms with Crippen LogP contribution < -0.4 is 5.32 Å². The standard InChI is InChI=1S/C16H18N2O3/c1-21-12-15-4-2-3-14(9-15)11-17-10-13-5-7-16(8-6-13)18(19)20/h2-9,17H,10-12H2,1H3. The third kappa shape index (κ3) is 4.66. The fourth-order valence-electron chi connectivity index (χ4n) is 2.08. The van der Waals surface area contributed by atoms with Gasteiger partial charge in [-0.3, -0.25) is 10.1 Å². The Bertz CT molecular complexity index is 597. The third-order valence-electron chi connectivity index (χ3n) is 3.11. The van der Waals surface area contributed by atoms with Crippen LogP contribution in [0.1, 0.15) is 16.7 Å². The van der Waals surface area contributed by atoms with Crippen molar-refractivity contribution in [3.63, 3.8) is 0 Å². The molecule has 21 heavy (non-hydrogen) atoms. The van der Waals surface area contributed by atoms with E-state index in [4.69, 9.17) is 4.74 Å². The van der Waals surface area contributed by atoms with Crippen molar-refractivity contribution < 1.29 is 9.66 Å². The minimum atomic E-state index is -0.390. The lowest BCUT2D eigenvalue weighted by molar-refractivity contribution is -0.384. The van der Waals surface area contributed by atoms with E-state index in [0.29, 0.717) is 13.2 Å². The maximum atomic E-state index is 10.6. The van der Waals surface area contributed by atoms with Crippen LogP contribution in [0, 0.1) is 10.1 Å². The topological polar surface area (TPSA) is 64.4 Å². The van der Waals surface area contributed by atoms with E-state index in [2.05, 4.69) is 17.4 Å². The molecule has 2 aromatic carbocycles. The molecule has 110 valence electrons. The van der Waals surface area contributed by atoms with E-state index in [1.165, 1.54) is 17.7 Å². The summed E-state index contributed by atoms with van der Waals surface area (Å²) in [5, 5.41) is 13.9. The average Bonchev–Trinajstić information content (AvgIpc) is 2.48. The summed E-state index contributed by atoms with van der Waals surface area (Å²) >= 11 is 0. The van der Waals surface area contributed by atoms with Gasteiger partial charge in [0.15, 0.2) is 0 Å². The number of hydrogen-bond donors (Lipinski definition) is 1. The van der Waals surface area contributed by atoms with E-state index in [1.54, 1.807) is 19.2 Å². The molecule has 0 aromatic heterocycles. The second-order valence-corrected chi connectivity index (χ2v) is 4.78. The number of benzene rings is 2. The van der Waals surface area contributed by atoms with Gasteiger partial charge >= 0.3 is 0 Å². The highest BCUT2D eigenvalue weighted by molar-refractivity contribution is 5.32. The molecule has 0 unspecified atom stereocenters. The minimum absolute atomic E-state index is 0.117. The van der Waals surface area contributed by atoms with Crippen molar-refractivity contribution in [3.8, 4) is 0 Å². The Morgan fingerprint density at radius 3 is 2.38 bits per heavy atom. The summed E-state index contributed by atoms with van der Waals surface area (Å²) < 4.78 is 5.11. The van der Waals surface area contributed by atoms with Crippen molar-refractivity contribution in [1.82, 2.24) is 5.32 Å². The highest BCUT2D eigenvalue weighted by atomic mass is 16.6. The van der Waals surface area contributed by atoms with Crippen molar-refractivity contribution in [2.24, 2.45) is 0 Å². The van der Waals surface area contributed by atoms with E-state index in [1.807, 2.05) is 12.1 Å². The number of nitro benzene ring substituents is 1. The maximum Gasteiger partial charge on any atom is 0.269 e. The van der Waals surface area contributed by atoms with Gasteiger partial charge < -0.3 is 10.1 Å². The predicted octanol–water partition coefficient (Wildman–Crippen LogP) is 3.03. The van der Waals surface area contributed by atoms with Crippen LogP contribution in [0.15, 0.2) is 48.5 Å². The van der Waals surface area contributed by atoms with Crippen molar-refractivity contribution in [3.05, 3.63) is 75.3 Å². The number of hydrogen-bond acceptors (Lipinski definition) is 4. The number of nitrogens with zero attached hydrogens (tertiary/aromatic N) is 1. The molecule has 5 nitrogen and oxygen atoms in total. The molecular weight excluding hydrogens is 268 g/mol. The van der Waals surface area contributed by atoms with Crippen molar-refractivity contribution >= 4 is 5.69 Å². The van der Waals surface area contributed by atoms with Crippen molar-refractivity contribution in [2.75, 3.05) is 7.11 Å². The molecule has 0 aliphatic heterocycles. The summed E-state index contributed by atoms with van der Waals surface area (Å²) in [6.07, 6.45) is 0. The first kappa shape index (κ1) is 15.2. The molecule has 0 heterocycles. The fraction of sp³-hybridized carbons (Fsp3) is 0.250. The van der Waals surface area contributed by atoms with Gasteiger partial charge in [0.2, 0.25) is 0 Å². The summed E-state index contributed by atoms with van der Waals surface area (Å²) in [6, 6.07) is 14.8. The minimum Gasteiger partial charge on any atom is -0.380 e. The number of methoxy groups -OCH3 is 1. The monoisotopic (exact) mass is 286 g/mol. The van der Waals surface area contributed by atoms with Gasteiger partial charge in [-0.1, -0.05) is 36.4 Å². The number of non-ortho nitro benzene ring substituents is 1. The first-order valence-corrected chi connectivity index (χ1v) is 6.70. The second-order valence-electron chi connectivity index (χ2n) is 4.78. The molecule has 0 radical (unpaired) electrons. The van der Waals surface area contributed by atoms with Gasteiger partial charge in [0.05, 0.1) is 11.5 Å². The van der Waals surface area contributed by atoms with Crippen molar-refractivity contribution in [2.45, 2.75) is 19.7 Å². The molecule has 0 saturated heterocycles. The zero-order valence-electron chi connectivity index (χ0n) is 11.9. The SMILES string of the molecule is COCc1cccc(CNCc2ccc([N+](=O)[O-])cc2)c1. The Labute approximate surface area is 123 Å². The molecule has 0 aliphatic carbocycles. The summed E-state index contributed by atoms with van der Waals surface area (Å²) in [7, 11) is 1.68. The predicted molar refractivity (Wildman–Crippen MR) is 80.8 cm³/mol. The van der Waals surface area contributed by atoms with Crippen molar-refractivity contribution in [1.29, 1.82) is 0 Å². The molecule has 1 N–H and O–H groups in total. The van der Waals surface area contributed by atoms with Crippen LogP contribution in [-0.2, 0) is 24.4 Å². The quantitative estimate of drug-likeness (QED) is 0.627. The number of nitrogens with one attached hydrogen (secondary N) is 1. The lowest BCUT2D eigenvalue weighted by Gasteiger charge is -2.07. The summed E-state index contributed by atoms with van der Waals surface area (Å²) in [5.41, 5.74) is 3.47. The van der Waals surface area contributed by atoms with Crippen LogP contribution in [0.2, 0.25) is 0 Å². The van der Waals surface area contributed by atoms with E-state index < -0.39 is 4.92 Å². The fourth-order valence-corrected chi connectivity index (χ4v) is 2.08. The first-order valence-electron chi connectivity index (χ1n) is 6.70. The Morgan fingerprint density at radius 2 is 1.71 bits per heavy atom. The smallest absolute Gasteiger partial charge is 0.269 e. The zero-order valence-corrected chi connectivity index (χ0v) is 11.9. The molecule has 2 rings (SSSR count). The summed E-state index contributed by atoms with van der Waals surface area (Å²) in [6.45, 7) is 2.03. The normalized spacial score (nSPS) is 10.5. The molecule has 0 spiro atoms. The third-order valence-corrected chi connectivity index (χ3v) is 3.11. The van der Waals surface area contributed by atoms with Crippen LogP contribution in [0.4, 0.5) is 5.69 Å².